The second kappa shape index (κ2) is 7.28. The van der Waals surface area contributed by atoms with E-state index in [4.69, 9.17) is 4.42 Å². The fraction of sp³-hybridized carbons (Fsp3) is 0.211. The van der Waals surface area contributed by atoms with Gasteiger partial charge in [0.2, 0.25) is 15.7 Å². The SMILES string of the molecule is CNC(=O)c1c(-c2ccc(F)cc2)oc2nc(N(C)S(C)(=O)=O)c(C(C)=O)cc12. The Labute approximate surface area is 166 Å². The number of furan rings is 1. The Kier molecular flexibility index (Phi) is 5.14. The monoisotopic (exact) mass is 419 g/mol. The minimum absolute atomic E-state index is 0.0158. The summed E-state index contributed by atoms with van der Waals surface area (Å²) in [6.07, 6.45) is 0.977. The van der Waals surface area contributed by atoms with E-state index in [0.717, 1.165) is 10.6 Å². The minimum Gasteiger partial charge on any atom is -0.437 e. The summed E-state index contributed by atoms with van der Waals surface area (Å²) in [5.41, 5.74) is 0.517. The minimum atomic E-state index is -3.71. The predicted molar refractivity (Wildman–Crippen MR) is 106 cm³/mol. The average Bonchev–Trinajstić information content (AvgIpc) is 3.03. The maximum atomic E-state index is 13.3. The molecule has 0 spiro atoms. The molecule has 3 aromatic rings. The van der Waals surface area contributed by atoms with Crippen LogP contribution in [-0.2, 0) is 10.0 Å². The fourth-order valence-corrected chi connectivity index (χ4v) is 3.28. The molecule has 0 radical (unpaired) electrons. The molecule has 0 fully saturated rings. The summed E-state index contributed by atoms with van der Waals surface area (Å²) in [6.45, 7) is 1.27. The van der Waals surface area contributed by atoms with Crippen LogP contribution < -0.4 is 9.62 Å². The third-order valence-corrected chi connectivity index (χ3v) is 5.57. The number of carbonyl (C=O) groups is 2. The lowest BCUT2D eigenvalue weighted by Crippen LogP contribution is -2.27. The highest BCUT2D eigenvalue weighted by molar-refractivity contribution is 7.92. The summed E-state index contributed by atoms with van der Waals surface area (Å²) in [5.74, 6) is -1.38. The molecular weight excluding hydrogens is 401 g/mol. The number of fused-ring (bicyclic) bond motifs is 1. The third-order valence-electron chi connectivity index (χ3n) is 4.40. The summed E-state index contributed by atoms with van der Waals surface area (Å²) in [4.78, 5) is 28.9. The molecule has 0 aliphatic carbocycles. The van der Waals surface area contributed by atoms with Crippen molar-refractivity contribution in [3.63, 3.8) is 0 Å². The number of hydrogen-bond donors (Lipinski definition) is 1. The maximum absolute atomic E-state index is 13.3. The van der Waals surface area contributed by atoms with Crippen LogP contribution >= 0.6 is 0 Å². The molecule has 10 heteroatoms. The molecule has 0 bridgehead atoms. The molecule has 1 N–H and O–H groups in total. The lowest BCUT2D eigenvalue weighted by Gasteiger charge is -2.17. The summed E-state index contributed by atoms with van der Waals surface area (Å²) in [6, 6.07) is 6.69. The van der Waals surface area contributed by atoms with E-state index in [1.54, 1.807) is 0 Å². The van der Waals surface area contributed by atoms with Gasteiger partial charge in [0.05, 0.1) is 22.8 Å². The van der Waals surface area contributed by atoms with Crippen molar-refractivity contribution >= 4 is 38.6 Å². The van der Waals surface area contributed by atoms with E-state index in [-0.39, 0.29) is 33.8 Å². The van der Waals surface area contributed by atoms with E-state index in [0.29, 0.717) is 5.56 Å². The molecule has 1 aromatic carbocycles. The van der Waals surface area contributed by atoms with Gasteiger partial charge in [-0.05, 0) is 37.3 Å². The van der Waals surface area contributed by atoms with Crippen LogP contribution in [0.3, 0.4) is 0 Å². The zero-order valence-electron chi connectivity index (χ0n) is 16.1. The number of carbonyl (C=O) groups excluding carboxylic acids is 2. The van der Waals surface area contributed by atoms with Crippen LogP contribution in [-0.4, -0.2) is 45.4 Å². The van der Waals surface area contributed by atoms with Gasteiger partial charge in [-0.25, -0.2) is 12.8 Å². The molecule has 0 aliphatic heterocycles. The highest BCUT2D eigenvalue weighted by Gasteiger charge is 2.27. The van der Waals surface area contributed by atoms with Gasteiger partial charge in [-0.2, -0.15) is 4.98 Å². The van der Waals surface area contributed by atoms with Crippen molar-refractivity contribution in [2.24, 2.45) is 0 Å². The van der Waals surface area contributed by atoms with E-state index >= 15 is 0 Å². The number of nitrogens with zero attached hydrogens (tertiary/aromatic N) is 2. The lowest BCUT2D eigenvalue weighted by molar-refractivity contribution is 0.0963. The molecule has 2 heterocycles. The van der Waals surface area contributed by atoms with Gasteiger partial charge in [0, 0.05) is 19.7 Å². The molecule has 0 unspecified atom stereocenters. The quantitative estimate of drug-likeness (QED) is 0.637. The first-order valence-electron chi connectivity index (χ1n) is 8.45. The molecule has 0 aliphatic rings. The summed E-state index contributed by atoms with van der Waals surface area (Å²) < 4.78 is 43.9. The number of ketones is 1. The molecule has 0 saturated carbocycles. The van der Waals surface area contributed by atoms with Crippen molar-refractivity contribution in [2.75, 3.05) is 24.7 Å². The van der Waals surface area contributed by atoms with Crippen molar-refractivity contribution in [3.8, 4) is 11.3 Å². The normalized spacial score (nSPS) is 11.5. The number of sulfonamides is 1. The average molecular weight is 419 g/mol. The number of nitrogens with one attached hydrogen (secondary N) is 1. The first kappa shape index (κ1) is 20.5. The summed E-state index contributed by atoms with van der Waals surface area (Å²) in [7, 11) is -1.01. The Balaban J connectivity index is 2.38. The van der Waals surface area contributed by atoms with E-state index in [1.165, 1.54) is 51.4 Å². The number of aromatic nitrogens is 1. The van der Waals surface area contributed by atoms with Gasteiger partial charge < -0.3 is 9.73 Å². The van der Waals surface area contributed by atoms with Gasteiger partial charge in [-0.1, -0.05) is 0 Å². The van der Waals surface area contributed by atoms with Crippen LogP contribution in [0.1, 0.15) is 27.6 Å². The molecule has 0 saturated heterocycles. The summed E-state index contributed by atoms with van der Waals surface area (Å²) in [5, 5.41) is 2.74. The molecule has 152 valence electrons. The molecule has 2 aromatic heterocycles. The van der Waals surface area contributed by atoms with Crippen molar-refractivity contribution in [2.45, 2.75) is 6.92 Å². The van der Waals surface area contributed by atoms with Crippen LogP contribution in [0, 0.1) is 5.82 Å². The van der Waals surface area contributed by atoms with Crippen LogP contribution in [0.2, 0.25) is 0 Å². The van der Waals surface area contributed by atoms with E-state index < -0.39 is 27.5 Å². The highest BCUT2D eigenvalue weighted by Crippen LogP contribution is 2.36. The van der Waals surface area contributed by atoms with Gasteiger partial charge in [0.15, 0.2) is 11.6 Å². The number of Topliss-reactive ketones (excluding diaryl/α,β-unsaturated/α-hetero) is 1. The number of hydrogen-bond acceptors (Lipinski definition) is 6. The Morgan fingerprint density at radius 1 is 1.21 bits per heavy atom. The zero-order chi connectivity index (χ0) is 21.5. The summed E-state index contributed by atoms with van der Waals surface area (Å²) >= 11 is 0. The molecular formula is C19H18FN3O5S. The second-order valence-corrected chi connectivity index (χ2v) is 8.40. The number of halogens is 1. The predicted octanol–water partition coefficient (Wildman–Crippen LogP) is 2.59. The van der Waals surface area contributed by atoms with Crippen molar-refractivity contribution in [1.82, 2.24) is 10.3 Å². The number of amides is 1. The van der Waals surface area contributed by atoms with Crippen LogP contribution in [0.15, 0.2) is 34.7 Å². The third kappa shape index (κ3) is 3.70. The number of pyridine rings is 1. The fourth-order valence-electron chi connectivity index (χ4n) is 2.83. The number of benzene rings is 1. The smallest absolute Gasteiger partial charge is 0.255 e. The van der Waals surface area contributed by atoms with Crippen LogP contribution in [0.4, 0.5) is 10.2 Å². The molecule has 1 amide bonds. The van der Waals surface area contributed by atoms with E-state index in [1.807, 2.05) is 0 Å². The largest absolute Gasteiger partial charge is 0.437 e. The first-order valence-corrected chi connectivity index (χ1v) is 10.3. The standard InChI is InChI=1S/C19H18FN3O5S/c1-10(24)13-9-14-15(18(25)21-2)16(11-5-7-12(20)8-6-11)28-19(14)22-17(13)23(3)29(4,26)27/h5-9H,1-4H3,(H,21,25). The van der Waals surface area contributed by atoms with Crippen molar-refractivity contribution in [3.05, 3.63) is 47.3 Å². The topological polar surface area (TPSA) is 110 Å². The number of rotatable bonds is 5. The Morgan fingerprint density at radius 2 is 1.83 bits per heavy atom. The number of anilines is 1. The molecule has 29 heavy (non-hydrogen) atoms. The van der Waals surface area contributed by atoms with E-state index in [2.05, 4.69) is 10.3 Å². The lowest BCUT2D eigenvalue weighted by atomic mass is 10.0. The van der Waals surface area contributed by atoms with Gasteiger partial charge in [-0.15, -0.1) is 0 Å². The Bertz CT molecular complexity index is 1230. The Morgan fingerprint density at radius 3 is 2.34 bits per heavy atom. The molecule has 8 nitrogen and oxygen atoms in total. The van der Waals surface area contributed by atoms with Gasteiger partial charge in [0.25, 0.3) is 5.91 Å². The first-order chi connectivity index (χ1) is 13.5. The van der Waals surface area contributed by atoms with Gasteiger partial charge >= 0.3 is 0 Å². The Hall–Kier alpha value is -3.27. The molecule has 0 atom stereocenters. The van der Waals surface area contributed by atoms with Crippen LogP contribution in [0.5, 0.6) is 0 Å². The van der Waals surface area contributed by atoms with Crippen LogP contribution in [0.25, 0.3) is 22.4 Å². The van der Waals surface area contributed by atoms with Crippen molar-refractivity contribution < 1.29 is 26.8 Å². The second-order valence-electron chi connectivity index (χ2n) is 6.39. The highest BCUT2D eigenvalue weighted by atomic mass is 32.2. The maximum Gasteiger partial charge on any atom is 0.255 e. The van der Waals surface area contributed by atoms with E-state index in [9.17, 15) is 22.4 Å². The van der Waals surface area contributed by atoms with Crippen molar-refractivity contribution in [1.29, 1.82) is 0 Å². The zero-order valence-corrected chi connectivity index (χ0v) is 16.9. The van der Waals surface area contributed by atoms with Gasteiger partial charge in [0.1, 0.15) is 11.6 Å². The van der Waals surface area contributed by atoms with Gasteiger partial charge in [-0.3, -0.25) is 13.9 Å². The molecule has 3 rings (SSSR count).